The van der Waals surface area contributed by atoms with Gasteiger partial charge in [-0.3, -0.25) is 4.68 Å². The van der Waals surface area contributed by atoms with Crippen molar-refractivity contribution in [3.8, 4) is 0 Å². The molecule has 0 radical (unpaired) electrons. The number of aryl methyl sites for hydroxylation is 1. The Bertz CT molecular complexity index is 415. The van der Waals surface area contributed by atoms with Crippen molar-refractivity contribution in [3.63, 3.8) is 0 Å². The molecule has 0 saturated carbocycles. The van der Waals surface area contributed by atoms with Crippen LogP contribution in [0.1, 0.15) is 29.9 Å². The van der Waals surface area contributed by atoms with Crippen LogP contribution in [-0.4, -0.2) is 53.9 Å². The minimum atomic E-state index is -0.312. The van der Waals surface area contributed by atoms with Gasteiger partial charge in [-0.1, -0.05) is 0 Å². The second kappa shape index (κ2) is 7.25. The molecule has 6 heteroatoms. The first-order chi connectivity index (χ1) is 8.97. The van der Waals surface area contributed by atoms with Gasteiger partial charge in [-0.25, -0.2) is 4.79 Å². The Kier molecular flexibility index (Phi) is 5.98. The van der Waals surface area contributed by atoms with Crippen LogP contribution in [0.4, 0.5) is 0 Å². The van der Waals surface area contributed by atoms with Crippen molar-refractivity contribution in [3.05, 3.63) is 17.5 Å². The van der Waals surface area contributed by atoms with Gasteiger partial charge in [-0.2, -0.15) is 5.10 Å². The summed E-state index contributed by atoms with van der Waals surface area (Å²) in [4.78, 5) is 13.9. The van der Waals surface area contributed by atoms with Gasteiger partial charge < -0.3 is 15.0 Å². The minimum Gasteiger partial charge on any atom is -0.462 e. The number of ether oxygens (including phenoxy) is 1. The van der Waals surface area contributed by atoms with Crippen molar-refractivity contribution < 1.29 is 9.53 Å². The Labute approximate surface area is 114 Å². The minimum absolute atomic E-state index is 0.312. The Morgan fingerprint density at radius 2 is 2.26 bits per heavy atom. The van der Waals surface area contributed by atoms with E-state index in [1.165, 1.54) is 0 Å². The maximum atomic E-state index is 11.8. The van der Waals surface area contributed by atoms with Crippen molar-refractivity contribution in [1.82, 2.24) is 20.0 Å². The number of esters is 1. The molecule has 1 aromatic heterocycles. The molecule has 108 valence electrons. The number of hydrogen-bond donors (Lipinski definition) is 1. The first-order valence-corrected chi connectivity index (χ1v) is 6.52. The molecule has 19 heavy (non-hydrogen) atoms. The molecule has 0 spiro atoms. The third-order valence-corrected chi connectivity index (χ3v) is 3.17. The van der Waals surface area contributed by atoms with Crippen LogP contribution in [0.2, 0.25) is 0 Å². The fraction of sp³-hybridized carbons (Fsp3) is 0.692. The van der Waals surface area contributed by atoms with Crippen molar-refractivity contribution in [2.45, 2.75) is 26.4 Å². The highest BCUT2D eigenvalue weighted by atomic mass is 16.5. The number of nitrogens with zero attached hydrogens (tertiary/aromatic N) is 3. The van der Waals surface area contributed by atoms with Crippen molar-refractivity contribution in [1.29, 1.82) is 0 Å². The van der Waals surface area contributed by atoms with Gasteiger partial charge in [-0.05, 0) is 27.9 Å². The molecule has 0 fully saturated rings. The summed E-state index contributed by atoms with van der Waals surface area (Å²) in [5, 5.41) is 7.46. The third-order valence-electron chi connectivity index (χ3n) is 3.17. The number of carbonyl (C=O) groups excluding carboxylic acids is 1. The van der Waals surface area contributed by atoms with E-state index < -0.39 is 0 Å². The van der Waals surface area contributed by atoms with Crippen molar-refractivity contribution in [2.75, 3.05) is 27.2 Å². The van der Waals surface area contributed by atoms with E-state index in [0.717, 1.165) is 12.2 Å². The lowest BCUT2D eigenvalue weighted by Crippen LogP contribution is -2.35. The Balaban J connectivity index is 2.62. The van der Waals surface area contributed by atoms with Gasteiger partial charge in [-0.15, -0.1) is 0 Å². The van der Waals surface area contributed by atoms with E-state index in [1.54, 1.807) is 17.8 Å². The highest BCUT2D eigenvalue weighted by molar-refractivity contribution is 5.90. The predicted octanol–water partition coefficient (Wildman–Crippen LogP) is 0.637. The Morgan fingerprint density at radius 3 is 2.84 bits per heavy atom. The molecule has 0 saturated heterocycles. The maximum absolute atomic E-state index is 11.8. The highest BCUT2D eigenvalue weighted by Gasteiger charge is 2.17. The monoisotopic (exact) mass is 268 g/mol. The zero-order valence-electron chi connectivity index (χ0n) is 12.4. The topological polar surface area (TPSA) is 59.4 Å². The highest BCUT2D eigenvalue weighted by Crippen LogP contribution is 2.09. The van der Waals surface area contributed by atoms with Gasteiger partial charge in [0.1, 0.15) is 5.56 Å². The molecule has 0 aliphatic carbocycles. The van der Waals surface area contributed by atoms with E-state index in [9.17, 15) is 4.79 Å². The number of rotatable bonds is 7. The Morgan fingerprint density at radius 1 is 1.58 bits per heavy atom. The van der Waals surface area contributed by atoms with Gasteiger partial charge in [0.05, 0.1) is 18.5 Å². The van der Waals surface area contributed by atoms with Crippen LogP contribution in [0, 0.1) is 0 Å². The second-order valence-electron chi connectivity index (χ2n) is 4.79. The predicted molar refractivity (Wildman–Crippen MR) is 74.0 cm³/mol. The summed E-state index contributed by atoms with van der Waals surface area (Å²) in [5.74, 6) is -0.312. The molecule has 0 amide bonds. The summed E-state index contributed by atoms with van der Waals surface area (Å²) in [6, 6.07) is 0.430. The number of hydrogen-bond acceptors (Lipinski definition) is 5. The second-order valence-corrected chi connectivity index (χ2v) is 4.79. The van der Waals surface area contributed by atoms with Crippen molar-refractivity contribution in [2.24, 2.45) is 7.05 Å². The van der Waals surface area contributed by atoms with Gasteiger partial charge in [0.25, 0.3) is 0 Å². The van der Waals surface area contributed by atoms with Crippen LogP contribution in [0.25, 0.3) is 0 Å². The molecular weight excluding hydrogens is 244 g/mol. The lowest BCUT2D eigenvalue weighted by atomic mass is 10.2. The average molecular weight is 268 g/mol. The number of nitrogens with one attached hydrogen (secondary N) is 1. The molecule has 0 aliphatic rings. The van der Waals surface area contributed by atoms with E-state index in [-0.39, 0.29) is 5.97 Å². The fourth-order valence-electron chi connectivity index (χ4n) is 1.63. The molecule has 6 nitrogen and oxygen atoms in total. The molecule has 1 aromatic rings. The molecule has 1 heterocycles. The molecular formula is C13H24N4O2. The number of aromatic nitrogens is 2. The first-order valence-electron chi connectivity index (χ1n) is 6.52. The van der Waals surface area contributed by atoms with Crippen LogP contribution in [0.5, 0.6) is 0 Å². The average Bonchev–Trinajstić information content (AvgIpc) is 2.71. The zero-order valence-corrected chi connectivity index (χ0v) is 12.4. The van der Waals surface area contributed by atoms with E-state index in [4.69, 9.17) is 4.74 Å². The van der Waals surface area contributed by atoms with Crippen LogP contribution in [-0.2, 0) is 18.3 Å². The normalized spacial score (nSPS) is 12.7. The molecule has 0 bridgehead atoms. The van der Waals surface area contributed by atoms with Crippen molar-refractivity contribution >= 4 is 5.97 Å². The van der Waals surface area contributed by atoms with E-state index in [1.807, 2.05) is 21.1 Å². The van der Waals surface area contributed by atoms with E-state index >= 15 is 0 Å². The molecule has 1 N–H and O–H groups in total. The summed E-state index contributed by atoms with van der Waals surface area (Å²) in [5.41, 5.74) is 1.39. The SMILES string of the molecule is CCOC(=O)c1cnn(C)c1CNCC(C)N(C)C. The Hall–Kier alpha value is -1.40. The third kappa shape index (κ3) is 4.33. The van der Waals surface area contributed by atoms with Gasteiger partial charge in [0, 0.05) is 26.2 Å². The van der Waals surface area contributed by atoms with E-state index in [2.05, 4.69) is 22.2 Å². The summed E-state index contributed by atoms with van der Waals surface area (Å²) in [6.45, 7) is 5.76. The van der Waals surface area contributed by atoms with E-state index in [0.29, 0.717) is 24.8 Å². The van der Waals surface area contributed by atoms with Crippen LogP contribution >= 0.6 is 0 Å². The lowest BCUT2D eigenvalue weighted by molar-refractivity contribution is 0.0524. The van der Waals surface area contributed by atoms with Crippen LogP contribution < -0.4 is 5.32 Å². The lowest BCUT2D eigenvalue weighted by Gasteiger charge is -2.20. The largest absolute Gasteiger partial charge is 0.462 e. The quantitative estimate of drug-likeness (QED) is 0.735. The summed E-state index contributed by atoms with van der Waals surface area (Å²) >= 11 is 0. The maximum Gasteiger partial charge on any atom is 0.341 e. The van der Waals surface area contributed by atoms with Gasteiger partial charge in [0.15, 0.2) is 0 Å². The molecule has 1 unspecified atom stereocenters. The summed E-state index contributed by atoms with van der Waals surface area (Å²) < 4.78 is 6.73. The summed E-state index contributed by atoms with van der Waals surface area (Å²) in [6.07, 6.45) is 1.56. The molecule has 0 aromatic carbocycles. The van der Waals surface area contributed by atoms with Gasteiger partial charge in [0.2, 0.25) is 0 Å². The standard InChI is InChI=1S/C13H24N4O2/c1-6-19-13(18)11-8-15-17(5)12(11)9-14-7-10(2)16(3)4/h8,10,14H,6-7,9H2,1-5H3. The van der Waals surface area contributed by atoms with Gasteiger partial charge >= 0.3 is 5.97 Å². The zero-order chi connectivity index (χ0) is 14.4. The smallest absolute Gasteiger partial charge is 0.341 e. The molecule has 1 atom stereocenters. The molecule has 0 aliphatic heterocycles. The number of likely N-dealkylation sites (N-methyl/N-ethyl adjacent to an activating group) is 1. The first kappa shape index (κ1) is 15.7. The summed E-state index contributed by atoms with van der Waals surface area (Å²) in [7, 11) is 5.91. The molecule has 1 rings (SSSR count). The number of carbonyl (C=O) groups is 1. The van der Waals surface area contributed by atoms with Crippen LogP contribution in [0.3, 0.4) is 0 Å². The fourth-order valence-corrected chi connectivity index (χ4v) is 1.63. The van der Waals surface area contributed by atoms with Crippen LogP contribution in [0.15, 0.2) is 6.20 Å².